The highest BCUT2D eigenvalue weighted by Crippen LogP contribution is 2.31. The molecule has 11 nitrogen and oxygen atoms in total. The number of nitrogens with zero attached hydrogens (tertiary/aromatic N) is 2. The van der Waals surface area contributed by atoms with Gasteiger partial charge in [-0.2, -0.15) is 0 Å². The van der Waals surface area contributed by atoms with Crippen molar-refractivity contribution in [1.29, 1.82) is 0 Å². The Kier molecular flexibility index (Phi) is 9.25. The van der Waals surface area contributed by atoms with Crippen molar-refractivity contribution in [3.05, 3.63) is 74.3 Å². The molecule has 0 bridgehead atoms. The number of benzene rings is 2. The Morgan fingerprint density at radius 2 is 1.79 bits per heavy atom. The zero-order valence-electron chi connectivity index (χ0n) is 22.1. The number of morpholine rings is 1. The number of thiophene rings is 1. The van der Waals surface area contributed by atoms with Gasteiger partial charge in [-0.25, -0.2) is 22.5 Å². The van der Waals surface area contributed by atoms with Crippen LogP contribution in [0.15, 0.2) is 63.6 Å². The van der Waals surface area contributed by atoms with Gasteiger partial charge in [0.1, 0.15) is 4.21 Å². The van der Waals surface area contributed by atoms with Crippen LogP contribution in [0.5, 0.6) is 5.88 Å². The van der Waals surface area contributed by atoms with Crippen molar-refractivity contribution in [3.8, 4) is 11.6 Å². The van der Waals surface area contributed by atoms with Crippen molar-refractivity contribution >= 4 is 72.7 Å². The lowest BCUT2D eigenvalue weighted by atomic mass is 10.1. The van der Waals surface area contributed by atoms with Gasteiger partial charge in [-0.1, -0.05) is 23.2 Å². The molecule has 1 fully saturated rings. The monoisotopic (exact) mass is 651 g/mol. The van der Waals surface area contributed by atoms with Gasteiger partial charge in [0.2, 0.25) is 5.88 Å². The molecule has 0 spiro atoms. The molecule has 3 heterocycles. The van der Waals surface area contributed by atoms with Gasteiger partial charge in [0.15, 0.2) is 0 Å². The summed E-state index contributed by atoms with van der Waals surface area (Å²) in [5.74, 6) is -0.294. The smallest absolute Gasteiger partial charge is 0.333 e. The van der Waals surface area contributed by atoms with Gasteiger partial charge in [0, 0.05) is 42.5 Å². The number of carbonyl (C=O) groups excluding carboxylic acids is 1. The predicted octanol–water partition coefficient (Wildman–Crippen LogP) is 4.71. The van der Waals surface area contributed by atoms with Gasteiger partial charge in [-0.05, 0) is 66.9 Å². The number of halogens is 2. The summed E-state index contributed by atoms with van der Waals surface area (Å²) in [5.41, 5.74) is 0.666. The molecule has 2 amide bonds. The molecule has 2 aromatic carbocycles. The van der Waals surface area contributed by atoms with Gasteiger partial charge in [-0.3, -0.25) is 9.69 Å². The fraction of sp³-hybridized carbons (Fsp3) is 0.259. The number of pyridine rings is 1. The molecule has 0 radical (unpaired) electrons. The zero-order chi connectivity index (χ0) is 29.9. The summed E-state index contributed by atoms with van der Waals surface area (Å²) in [6.07, 6.45) is 0.954. The lowest BCUT2D eigenvalue weighted by molar-refractivity contribution is 0.0378. The minimum absolute atomic E-state index is 0.0380. The van der Waals surface area contributed by atoms with Crippen LogP contribution in [0.3, 0.4) is 0 Å². The summed E-state index contributed by atoms with van der Waals surface area (Å²) in [4.78, 5) is 27.8. The van der Waals surface area contributed by atoms with Crippen molar-refractivity contribution in [2.75, 3.05) is 50.0 Å². The van der Waals surface area contributed by atoms with Crippen LogP contribution in [0.1, 0.15) is 6.42 Å². The molecular weight excluding hydrogens is 625 g/mol. The van der Waals surface area contributed by atoms with E-state index in [1.807, 2.05) is 10.8 Å². The first-order valence-electron chi connectivity index (χ1n) is 12.9. The Morgan fingerprint density at radius 3 is 2.50 bits per heavy atom. The molecule has 0 atom stereocenters. The van der Waals surface area contributed by atoms with E-state index in [4.69, 9.17) is 27.9 Å². The number of urea groups is 1. The highest BCUT2D eigenvalue weighted by Gasteiger charge is 2.21. The van der Waals surface area contributed by atoms with E-state index in [0.717, 1.165) is 67.4 Å². The van der Waals surface area contributed by atoms with Crippen molar-refractivity contribution in [1.82, 2.24) is 14.2 Å². The average Bonchev–Trinajstić information content (AvgIpc) is 3.40. The Balaban J connectivity index is 1.27. The van der Waals surface area contributed by atoms with Crippen LogP contribution in [0.4, 0.5) is 16.2 Å². The second-order valence-electron chi connectivity index (χ2n) is 9.46. The second kappa shape index (κ2) is 12.9. The molecule has 5 rings (SSSR count). The van der Waals surface area contributed by atoms with Crippen LogP contribution in [-0.4, -0.2) is 68.4 Å². The van der Waals surface area contributed by atoms with Crippen molar-refractivity contribution in [2.45, 2.75) is 10.6 Å². The zero-order valence-corrected chi connectivity index (χ0v) is 25.2. The third-order valence-electron chi connectivity index (χ3n) is 6.57. The van der Waals surface area contributed by atoms with Gasteiger partial charge in [0.25, 0.3) is 15.6 Å². The maximum Gasteiger partial charge on any atom is 0.333 e. The first-order valence-corrected chi connectivity index (χ1v) is 16.0. The minimum Gasteiger partial charge on any atom is -0.494 e. The number of ether oxygens (including phenoxy) is 1. The Hall–Kier alpha value is -3.33. The molecule has 0 saturated carbocycles. The quantitative estimate of drug-likeness (QED) is 0.191. The molecule has 1 saturated heterocycles. The van der Waals surface area contributed by atoms with Crippen molar-refractivity contribution < 1.29 is 23.1 Å². The third kappa shape index (κ3) is 7.00. The third-order valence-corrected chi connectivity index (χ3v) is 9.93. The Morgan fingerprint density at radius 1 is 1.02 bits per heavy atom. The number of rotatable bonds is 9. The lowest BCUT2D eigenvalue weighted by Gasteiger charge is -2.26. The van der Waals surface area contributed by atoms with Crippen molar-refractivity contribution in [2.24, 2.45) is 0 Å². The second-order valence-corrected chi connectivity index (χ2v) is 13.5. The molecule has 4 aromatic rings. The first kappa shape index (κ1) is 30.1. The van der Waals surface area contributed by atoms with Gasteiger partial charge >= 0.3 is 6.03 Å². The number of hydrogen-bond acceptors (Lipinski definition) is 9. The fourth-order valence-corrected chi connectivity index (χ4v) is 7.20. The number of amides is 2. The van der Waals surface area contributed by atoms with Crippen LogP contribution in [0.25, 0.3) is 16.5 Å². The summed E-state index contributed by atoms with van der Waals surface area (Å²) in [5, 5.41) is 17.8. The van der Waals surface area contributed by atoms with E-state index in [1.165, 1.54) is 36.4 Å². The fourth-order valence-electron chi connectivity index (χ4n) is 4.55. The molecule has 1 aliphatic heterocycles. The van der Waals surface area contributed by atoms with Crippen LogP contribution in [-0.2, 0) is 14.8 Å². The number of anilines is 2. The summed E-state index contributed by atoms with van der Waals surface area (Å²) < 4.78 is 33.2. The number of aromatic hydroxyl groups is 1. The predicted molar refractivity (Wildman–Crippen MR) is 165 cm³/mol. The van der Waals surface area contributed by atoms with E-state index >= 15 is 0 Å². The molecule has 222 valence electrons. The maximum atomic E-state index is 13.1. The van der Waals surface area contributed by atoms with Gasteiger partial charge in [0.05, 0.1) is 28.3 Å². The van der Waals surface area contributed by atoms with E-state index < -0.39 is 21.6 Å². The number of hydrogen-bond donors (Lipinski definition) is 4. The van der Waals surface area contributed by atoms with Gasteiger partial charge in [-0.15, -0.1) is 11.3 Å². The molecule has 4 N–H and O–H groups in total. The largest absolute Gasteiger partial charge is 0.494 e. The van der Waals surface area contributed by atoms with E-state index in [9.17, 15) is 23.1 Å². The summed E-state index contributed by atoms with van der Waals surface area (Å²) in [7, 11) is -4.12. The maximum absolute atomic E-state index is 13.1. The highest BCUT2D eigenvalue weighted by atomic mass is 35.5. The number of fused-ring (bicyclic) bond motifs is 1. The van der Waals surface area contributed by atoms with E-state index in [1.54, 1.807) is 12.1 Å². The number of aromatic nitrogens is 1. The number of sulfonamides is 1. The Bertz CT molecular complexity index is 1790. The highest BCUT2D eigenvalue weighted by molar-refractivity contribution is 7.92. The Labute approximate surface area is 255 Å². The molecule has 15 heteroatoms. The SMILES string of the molecule is O=C(Nc1ccc(-n2c(O)c3ccc(NCCCN4CCOCC4)cc3cc2=O)c(Cl)c1)NS(=O)(=O)c1ccc(Cl)s1. The minimum atomic E-state index is -4.12. The normalized spacial score (nSPS) is 14.1. The van der Waals surface area contributed by atoms with Crippen molar-refractivity contribution in [3.63, 3.8) is 0 Å². The molecule has 42 heavy (non-hydrogen) atoms. The lowest BCUT2D eigenvalue weighted by Crippen LogP contribution is -2.37. The molecule has 1 aliphatic rings. The first-order chi connectivity index (χ1) is 20.1. The topological polar surface area (TPSA) is 142 Å². The average molecular weight is 653 g/mol. The van der Waals surface area contributed by atoms with E-state index in [-0.39, 0.29) is 30.8 Å². The van der Waals surface area contributed by atoms with Crippen LogP contribution in [0.2, 0.25) is 9.36 Å². The summed E-state index contributed by atoms with van der Waals surface area (Å²) in [6, 6.07) is 12.6. The van der Waals surface area contributed by atoms with Crippen LogP contribution >= 0.6 is 34.5 Å². The molecule has 0 aliphatic carbocycles. The number of carbonyl (C=O) groups is 1. The van der Waals surface area contributed by atoms with Crippen LogP contribution in [0, 0.1) is 0 Å². The van der Waals surface area contributed by atoms with E-state index in [2.05, 4.69) is 15.5 Å². The van der Waals surface area contributed by atoms with Gasteiger partial charge < -0.3 is 20.5 Å². The molecule has 0 unspecified atom stereocenters. The summed E-state index contributed by atoms with van der Waals surface area (Å²) >= 11 is 13.0. The standard InChI is InChI=1S/C27H27Cl2N5O6S2/c28-21-16-19(31-27(37)32-42(38,39)25-7-6-23(29)41-25)3-5-22(21)34-24(35)15-17-14-18(2-4-20(17)26(34)36)30-8-1-9-33-10-12-40-13-11-33/h2-7,14-16,30,36H,1,8-13H2,(H2,31,32,37). The summed E-state index contributed by atoms with van der Waals surface area (Å²) in [6.45, 7) is 5.14. The number of nitrogens with one attached hydrogen (secondary N) is 3. The van der Waals surface area contributed by atoms with Crippen LogP contribution < -0.4 is 20.9 Å². The van der Waals surface area contributed by atoms with E-state index in [0.29, 0.717) is 10.8 Å². The molecular formula is C27H27Cl2N5O6S2. The molecule has 2 aromatic heterocycles.